The van der Waals surface area contributed by atoms with E-state index in [-0.39, 0.29) is 12.5 Å². The number of likely N-dealkylation sites (N-methyl/N-ethyl adjacent to an activating group) is 1. The predicted octanol–water partition coefficient (Wildman–Crippen LogP) is 1.39. The first-order chi connectivity index (χ1) is 9.56. The van der Waals surface area contributed by atoms with E-state index in [0.29, 0.717) is 13.0 Å². The molecule has 0 saturated heterocycles. The van der Waals surface area contributed by atoms with Gasteiger partial charge in [0.1, 0.15) is 0 Å². The van der Waals surface area contributed by atoms with Crippen LogP contribution in [0.25, 0.3) is 0 Å². The quantitative estimate of drug-likeness (QED) is 0.716. The first-order valence-electron chi connectivity index (χ1n) is 6.60. The van der Waals surface area contributed by atoms with Crippen molar-refractivity contribution in [1.29, 1.82) is 0 Å². The molecule has 2 amide bonds. The Kier molecular flexibility index (Phi) is 6.56. The summed E-state index contributed by atoms with van der Waals surface area (Å²) >= 11 is 0. The van der Waals surface area contributed by atoms with Crippen LogP contribution in [0, 0.1) is 0 Å². The van der Waals surface area contributed by atoms with Gasteiger partial charge in [0.15, 0.2) is 0 Å². The van der Waals surface area contributed by atoms with Crippen molar-refractivity contribution in [3.05, 3.63) is 35.1 Å². The highest BCUT2D eigenvalue weighted by molar-refractivity contribution is 5.79. The van der Waals surface area contributed by atoms with Crippen LogP contribution in [0.15, 0.2) is 35.1 Å². The zero-order chi connectivity index (χ0) is 15.0. The third-order valence-electron chi connectivity index (χ3n) is 3.14. The average molecular weight is 278 g/mol. The molecule has 5 nitrogen and oxygen atoms in total. The number of carbonyl (C=O) groups is 2. The van der Waals surface area contributed by atoms with Crippen LogP contribution in [0.3, 0.4) is 0 Å². The van der Waals surface area contributed by atoms with Gasteiger partial charge in [-0.15, -0.1) is 0 Å². The van der Waals surface area contributed by atoms with E-state index in [1.807, 2.05) is 12.2 Å². The summed E-state index contributed by atoms with van der Waals surface area (Å²) in [7, 11) is 3.24. The molecule has 0 atom stereocenters. The summed E-state index contributed by atoms with van der Waals surface area (Å²) in [4.78, 5) is 23.2. The van der Waals surface area contributed by atoms with Crippen LogP contribution in [0.1, 0.15) is 19.8 Å². The third-order valence-corrected chi connectivity index (χ3v) is 3.14. The zero-order valence-electron chi connectivity index (χ0n) is 12.3. The maximum Gasteiger partial charge on any atom is 0.239 e. The van der Waals surface area contributed by atoms with Gasteiger partial charge >= 0.3 is 0 Å². The molecule has 1 aliphatic carbocycles. The van der Waals surface area contributed by atoms with Crippen LogP contribution in [0.4, 0.5) is 0 Å². The lowest BCUT2D eigenvalue weighted by Gasteiger charge is -2.11. The summed E-state index contributed by atoms with van der Waals surface area (Å²) in [5.41, 5.74) is 2.38. The van der Waals surface area contributed by atoms with Crippen molar-refractivity contribution in [2.24, 2.45) is 0 Å². The Labute approximate surface area is 120 Å². The molecule has 0 unspecified atom stereocenters. The van der Waals surface area contributed by atoms with Crippen molar-refractivity contribution in [2.75, 3.05) is 27.2 Å². The van der Waals surface area contributed by atoms with Gasteiger partial charge in [-0.25, -0.2) is 0 Å². The van der Waals surface area contributed by atoms with Crippen molar-refractivity contribution in [2.45, 2.75) is 19.8 Å². The number of hydrogen-bond donors (Lipinski definition) is 1. The highest BCUT2D eigenvalue weighted by Crippen LogP contribution is 2.20. The summed E-state index contributed by atoms with van der Waals surface area (Å²) in [6, 6.07) is 0. The number of ether oxygens (including phenoxy) is 1. The van der Waals surface area contributed by atoms with Crippen molar-refractivity contribution in [3.8, 4) is 0 Å². The number of allylic oxidation sites excluding steroid dienone is 4. The highest BCUT2D eigenvalue weighted by Gasteiger charge is 2.07. The molecule has 110 valence electrons. The number of amides is 2. The molecule has 0 aromatic rings. The van der Waals surface area contributed by atoms with Crippen LogP contribution < -0.4 is 5.32 Å². The first kappa shape index (κ1) is 16.0. The van der Waals surface area contributed by atoms with Crippen molar-refractivity contribution in [3.63, 3.8) is 0 Å². The predicted molar refractivity (Wildman–Crippen MR) is 77.9 cm³/mol. The molecule has 0 aromatic heterocycles. The Morgan fingerprint density at radius 3 is 2.90 bits per heavy atom. The number of nitrogens with zero attached hydrogens (tertiary/aromatic N) is 1. The van der Waals surface area contributed by atoms with E-state index in [4.69, 9.17) is 4.74 Å². The minimum absolute atomic E-state index is 0.0884. The van der Waals surface area contributed by atoms with Gasteiger partial charge in [0.25, 0.3) is 0 Å². The van der Waals surface area contributed by atoms with Gasteiger partial charge in [0.2, 0.25) is 12.3 Å². The Bertz CT molecular complexity index is 450. The third kappa shape index (κ3) is 5.30. The molecule has 0 aromatic carbocycles. The fraction of sp³-hybridized carbons (Fsp3) is 0.467. The lowest BCUT2D eigenvalue weighted by Crippen LogP contribution is -2.35. The second-order valence-electron chi connectivity index (χ2n) is 4.74. The van der Waals surface area contributed by atoms with E-state index in [0.717, 1.165) is 18.6 Å². The minimum Gasteiger partial charge on any atom is -0.501 e. The Morgan fingerprint density at radius 1 is 1.50 bits per heavy atom. The van der Waals surface area contributed by atoms with Crippen molar-refractivity contribution < 1.29 is 14.3 Å². The normalized spacial score (nSPS) is 14.4. The topological polar surface area (TPSA) is 58.6 Å². The van der Waals surface area contributed by atoms with Gasteiger partial charge in [0, 0.05) is 20.0 Å². The largest absolute Gasteiger partial charge is 0.501 e. The molecular weight excluding hydrogens is 256 g/mol. The summed E-state index contributed by atoms with van der Waals surface area (Å²) < 4.78 is 5.23. The van der Waals surface area contributed by atoms with E-state index in [2.05, 4.69) is 18.3 Å². The standard InChI is InChI=1S/C15H22N2O3/c1-12-4-6-14(20-3)7-5-13(12)8-9-16-15(19)10-17(2)11-18/h4-5,7,11H,6,8-10H2,1-3H3,(H,16,19). The monoisotopic (exact) mass is 278 g/mol. The van der Waals surface area contributed by atoms with Crippen molar-refractivity contribution in [1.82, 2.24) is 10.2 Å². The van der Waals surface area contributed by atoms with Crippen LogP contribution in [0.5, 0.6) is 0 Å². The summed E-state index contributed by atoms with van der Waals surface area (Å²) in [6.45, 7) is 2.70. The maximum atomic E-state index is 11.5. The molecule has 5 heteroatoms. The summed E-state index contributed by atoms with van der Waals surface area (Å²) in [6.07, 6.45) is 8.30. The smallest absolute Gasteiger partial charge is 0.239 e. The number of nitrogens with one attached hydrogen (secondary N) is 1. The Morgan fingerprint density at radius 2 is 2.25 bits per heavy atom. The average Bonchev–Trinajstić information content (AvgIpc) is 2.61. The zero-order valence-corrected chi connectivity index (χ0v) is 12.3. The molecule has 1 aliphatic rings. The molecule has 0 aliphatic heterocycles. The molecule has 20 heavy (non-hydrogen) atoms. The molecule has 0 spiro atoms. The van der Waals surface area contributed by atoms with Gasteiger partial charge in [-0.1, -0.05) is 17.7 Å². The van der Waals surface area contributed by atoms with E-state index >= 15 is 0 Å². The summed E-state index contributed by atoms with van der Waals surface area (Å²) in [5, 5.41) is 2.80. The molecule has 0 fully saturated rings. The highest BCUT2D eigenvalue weighted by atomic mass is 16.5. The molecule has 0 radical (unpaired) electrons. The fourth-order valence-electron chi connectivity index (χ4n) is 1.87. The van der Waals surface area contributed by atoms with Gasteiger partial charge in [-0.05, 0) is 25.0 Å². The number of carbonyl (C=O) groups excluding carboxylic acids is 2. The Balaban J connectivity index is 2.44. The first-order valence-corrected chi connectivity index (χ1v) is 6.60. The number of hydrogen-bond acceptors (Lipinski definition) is 3. The SMILES string of the molecule is COC1=CC=C(CCNC(=O)CN(C)C=O)C(C)=CC1. The van der Waals surface area contributed by atoms with Crippen LogP contribution >= 0.6 is 0 Å². The van der Waals surface area contributed by atoms with Crippen molar-refractivity contribution >= 4 is 12.3 Å². The second-order valence-corrected chi connectivity index (χ2v) is 4.74. The van der Waals surface area contributed by atoms with Crippen LogP contribution in [-0.4, -0.2) is 44.5 Å². The maximum absolute atomic E-state index is 11.5. The molecule has 1 N–H and O–H groups in total. The number of rotatable bonds is 7. The van der Waals surface area contributed by atoms with E-state index in [1.165, 1.54) is 16.0 Å². The molecule has 0 heterocycles. The fourth-order valence-corrected chi connectivity index (χ4v) is 1.87. The van der Waals surface area contributed by atoms with Gasteiger partial charge in [0.05, 0.1) is 19.4 Å². The van der Waals surface area contributed by atoms with Crippen LogP contribution in [0.2, 0.25) is 0 Å². The van der Waals surface area contributed by atoms with E-state index < -0.39 is 0 Å². The Hall–Kier alpha value is -2.04. The summed E-state index contributed by atoms with van der Waals surface area (Å²) in [5.74, 6) is 0.777. The van der Waals surface area contributed by atoms with E-state index in [1.54, 1.807) is 14.2 Å². The van der Waals surface area contributed by atoms with Gasteiger partial charge in [-0.3, -0.25) is 9.59 Å². The van der Waals surface area contributed by atoms with Gasteiger partial charge < -0.3 is 15.0 Å². The number of methoxy groups -OCH3 is 1. The van der Waals surface area contributed by atoms with Gasteiger partial charge in [-0.2, -0.15) is 0 Å². The van der Waals surface area contributed by atoms with Crippen LogP contribution in [-0.2, 0) is 14.3 Å². The second kappa shape index (κ2) is 8.19. The van der Waals surface area contributed by atoms with E-state index in [9.17, 15) is 9.59 Å². The molecule has 0 saturated carbocycles. The molecular formula is C15H22N2O3. The molecule has 0 bridgehead atoms. The minimum atomic E-state index is -0.149. The lowest BCUT2D eigenvalue weighted by atomic mass is 10.0. The molecule has 1 rings (SSSR count). The lowest BCUT2D eigenvalue weighted by molar-refractivity contribution is -0.127.